The molecule has 0 aliphatic rings. The Labute approximate surface area is 145 Å². The Balaban J connectivity index is 2.10. The van der Waals surface area contributed by atoms with E-state index >= 15 is 0 Å². The maximum Gasteiger partial charge on any atom is 0.357 e. The number of aryl methyl sites for hydroxylation is 2. The van der Waals surface area contributed by atoms with Crippen LogP contribution >= 0.6 is 0 Å². The molecule has 3 rings (SSSR count). The fourth-order valence-electron chi connectivity index (χ4n) is 2.96. The average molecular weight is 334 g/mol. The van der Waals surface area contributed by atoms with E-state index in [0.29, 0.717) is 0 Å². The molecule has 0 fully saturated rings. The van der Waals surface area contributed by atoms with Gasteiger partial charge in [0.15, 0.2) is 5.69 Å². The second-order valence-electron chi connectivity index (χ2n) is 5.75. The molecule has 0 bridgehead atoms. The molecule has 6 heteroatoms. The quantitative estimate of drug-likeness (QED) is 0.746. The Kier molecular flexibility index (Phi) is 4.07. The number of rotatable bonds is 3. The fourth-order valence-corrected chi connectivity index (χ4v) is 2.96. The number of ether oxygens (including phenoxy) is 1. The number of nitrogen functional groups attached to an aromatic ring is 1. The van der Waals surface area contributed by atoms with Crippen LogP contribution in [0.25, 0.3) is 11.4 Å². The van der Waals surface area contributed by atoms with E-state index in [2.05, 4.69) is 16.7 Å². The Hall–Kier alpha value is -3.46. The predicted molar refractivity (Wildman–Crippen MR) is 95.0 cm³/mol. The van der Waals surface area contributed by atoms with Crippen molar-refractivity contribution in [2.24, 2.45) is 0 Å². The molecule has 6 nitrogen and oxygen atoms in total. The van der Waals surface area contributed by atoms with Crippen molar-refractivity contribution in [3.8, 4) is 17.4 Å². The topological polar surface area (TPSA) is 86.0 Å². The molecule has 126 valence electrons. The molecule has 0 saturated heterocycles. The summed E-state index contributed by atoms with van der Waals surface area (Å²) in [7, 11) is 1.28. The van der Waals surface area contributed by atoms with E-state index in [-0.39, 0.29) is 16.9 Å². The van der Waals surface area contributed by atoms with Crippen molar-refractivity contribution in [1.82, 2.24) is 9.13 Å². The molecule has 25 heavy (non-hydrogen) atoms. The summed E-state index contributed by atoms with van der Waals surface area (Å²) < 4.78 is 8.51. The number of benzene rings is 1. The molecule has 0 saturated carbocycles. The SMILES string of the molecule is COC(=O)c1c(N)c(C#N)cn1-c1ccc(-n2c(C)ccc2C)cc1. The van der Waals surface area contributed by atoms with Crippen molar-refractivity contribution in [2.75, 3.05) is 12.8 Å². The monoisotopic (exact) mass is 334 g/mol. The predicted octanol–water partition coefficient (Wildman–Crippen LogP) is 3.13. The summed E-state index contributed by atoms with van der Waals surface area (Å²) in [6, 6.07) is 13.8. The van der Waals surface area contributed by atoms with Crippen molar-refractivity contribution in [3.63, 3.8) is 0 Å². The largest absolute Gasteiger partial charge is 0.464 e. The van der Waals surface area contributed by atoms with Crippen molar-refractivity contribution in [1.29, 1.82) is 5.26 Å². The van der Waals surface area contributed by atoms with Crippen molar-refractivity contribution >= 4 is 11.7 Å². The van der Waals surface area contributed by atoms with Crippen LogP contribution in [0.2, 0.25) is 0 Å². The van der Waals surface area contributed by atoms with Gasteiger partial charge < -0.3 is 19.6 Å². The van der Waals surface area contributed by atoms with E-state index in [4.69, 9.17) is 10.5 Å². The van der Waals surface area contributed by atoms with E-state index in [0.717, 1.165) is 22.8 Å². The molecule has 0 amide bonds. The Morgan fingerprint density at radius 2 is 1.64 bits per heavy atom. The highest BCUT2D eigenvalue weighted by Gasteiger charge is 2.21. The highest BCUT2D eigenvalue weighted by atomic mass is 16.5. The molecule has 0 aliphatic heterocycles. The van der Waals surface area contributed by atoms with Gasteiger partial charge in [0.25, 0.3) is 0 Å². The van der Waals surface area contributed by atoms with Gasteiger partial charge in [-0.25, -0.2) is 4.79 Å². The lowest BCUT2D eigenvalue weighted by molar-refractivity contribution is 0.0593. The highest BCUT2D eigenvalue weighted by molar-refractivity contribution is 5.95. The third-order valence-electron chi connectivity index (χ3n) is 4.20. The lowest BCUT2D eigenvalue weighted by Gasteiger charge is -2.12. The zero-order chi connectivity index (χ0) is 18.1. The fraction of sp³-hybridized carbons (Fsp3) is 0.158. The van der Waals surface area contributed by atoms with E-state index in [9.17, 15) is 10.1 Å². The van der Waals surface area contributed by atoms with Gasteiger partial charge in [0.1, 0.15) is 6.07 Å². The van der Waals surface area contributed by atoms with Gasteiger partial charge in [-0.1, -0.05) is 0 Å². The number of anilines is 1. The molecule has 0 aliphatic carbocycles. The molecule has 0 spiro atoms. The Bertz CT molecular complexity index is 968. The maximum atomic E-state index is 12.1. The number of aromatic nitrogens is 2. The first-order valence-electron chi connectivity index (χ1n) is 7.73. The van der Waals surface area contributed by atoms with Gasteiger partial charge in [-0.15, -0.1) is 0 Å². The van der Waals surface area contributed by atoms with Gasteiger partial charge in [0, 0.05) is 29.0 Å². The van der Waals surface area contributed by atoms with Crippen LogP contribution in [0.1, 0.15) is 27.4 Å². The van der Waals surface area contributed by atoms with Crippen molar-refractivity contribution in [3.05, 3.63) is 65.2 Å². The minimum Gasteiger partial charge on any atom is -0.464 e. The zero-order valence-corrected chi connectivity index (χ0v) is 14.3. The van der Waals surface area contributed by atoms with Crippen LogP contribution in [0.15, 0.2) is 42.6 Å². The maximum absolute atomic E-state index is 12.1. The molecular formula is C19H18N4O2. The molecule has 0 atom stereocenters. The number of carbonyl (C=O) groups excluding carboxylic acids is 1. The molecule has 2 heterocycles. The molecule has 1 aromatic carbocycles. The van der Waals surface area contributed by atoms with Crippen LogP contribution in [0.3, 0.4) is 0 Å². The second kappa shape index (κ2) is 6.21. The number of methoxy groups -OCH3 is 1. The zero-order valence-electron chi connectivity index (χ0n) is 14.3. The molecule has 0 radical (unpaired) electrons. The third-order valence-corrected chi connectivity index (χ3v) is 4.20. The first-order valence-corrected chi connectivity index (χ1v) is 7.73. The standard InChI is InChI=1S/C19H18N4O2/c1-12-4-5-13(2)23(12)16-8-6-15(7-9-16)22-11-14(10-20)17(21)18(22)19(24)25-3/h4-9,11H,21H2,1-3H3. The Morgan fingerprint density at radius 1 is 1.08 bits per heavy atom. The van der Waals surface area contributed by atoms with Gasteiger partial charge in [-0.3, -0.25) is 0 Å². The van der Waals surface area contributed by atoms with Gasteiger partial charge >= 0.3 is 5.97 Å². The van der Waals surface area contributed by atoms with Gasteiger partial charge in [0.2, 0.25) is 0 Å². The summed E-state index contributed by atoms with van der Waals surface area (Å²) >= 11 is 0. The number of esters is 1. The summed E-state index contributed by atoms with van der Waals surface area (Å²) in [5.74, 6) is -0.583. The number of hydrogen-bond acceptors (Lipinski definition) is 4. The van der Waals surface area contributed by atoms with Crippen molar-refractivity contribution < 1.29 is 9.53 Å². The van der Waals surface area contributed by atoms with Crippen LogP contribution in [0, 0.1) is 25.2 Å². The summed E-state index contributed by atoms with van der Waals surface area (Å²) in [5, 5.41) is 9.19. The van der Waals surface area contributed by atoms with Gasteiger partial charge in [0.05, 0.1) is 18.4 Å². The third kappa shape index (κ3) is 2.66. The summed E-state index contributed by atoms with van der Waals surface area (Å²) in [6.07, 6.45) is 1.54. The van der Waals surface area contributed by atoms with Crippen molar-refractivity contribution in [2.45, 2.75) is 13.8 Å². The smallest absolute Gasteiger partial charge is 0.357 e. The lowest BCUT2D eigenvalue weighted by atomic mass is 10.2. The summed E-state index contributed by atoms with van der Waals surface area (Å²) in [5.41, 5.74) is 10.5. The molecule has 0 unspecified atom stereocenters. The van der Waals surface area contributed by atoms with E-state index in [1.54, 1.807) is 10.8 Å². The van der Waals surface area contributed by atoms with Gasteiger partial charge in [-0.2, -0.15) is 5.26 Å². The summed E-state index contributed by atoms with van der Waals surface area (Å²) in [4.78, 5) is 12.1. The molecular weight excluding hydrogens is 316 g/mol. The average Bonchev–Trinajstić information content (AvgIpc) is 3.13. The van der Waals surface area contributed by atoms with Crippen LogP contribution in [0.5, 0.6) is 0 Å². The highest BCUT2D eigenvalue weighted by Crippen LogP contribution is 2.26. The van der Waals surface area contributed by atoms with Crippen LogP contribution < -0.4 is 5.73 Å². The number of nitrogens with two attached hydrogens (primary N) is 1. The summed E-state index contributed by atoms with van der Waals surface area (Å²) in [6.45, 7) is 4.09. The second-order valence-corrected chi connectivity index (χ2v) is 5.75. The molecule has 2 aromatic heterocycles. The number of carbonyl (C=O) groups is 1. The minimum atomic E-state index is -0.583. The van der Waals surface area contributed by atoms with E-state index < -0.39 is 5.97 Å². The normalized spacial score (nSPS) is 10.5. The molecule has 3 aromatic rings. The van der Waals surface area contributed by atoms with E-state index in [1.165, 1.54) is 7.11 Å². The first-order chi connectivity index (χ1) is 12.0. The number of hydrogen-bond donors (Lipinski definition) is 1. The lowest BCUT2D eigenvalue weighted by Crippen LogP contribution is -2.11. The van der Waals surface area contributed by atoms with Gasteiger partial charge in [-0.05, 0) is 50.2 Å². The minimum absolute atomic E-state index is 0.121. The van der Waals surface area contributed by atoms with Crippen LogP contribution in [0.4, 0.5) is 5.69 Å². The first kappa shape index (κ1) is 16.4. The number of nitriles is 1. The number of nitrogens with zero attached hydrogens (tertiary/aromatic N) is 3. The van der Waals surface area contributed by atoms with Crippen LogP contribution in [-0.2, 0) is 4.74 Å². The van der Waals surface area contributed by atoms with Crippen LogP contribution in [-0.4, -0.2) is 22.2 Å². The van der Waals surface area contributed by atoms with E-state index in [1.807, 2.05) is 44.2 Å². The molecule has 2 N–H and O–H groups in total. The Morgan fingerprint density at radius 3 is 2.16 bits per heavy atom.